The van der Waals surface area contributed by atoms with Crippen molar-refractivity contribution in [3.8, 4) is 0 Å². The van der Waals surface area contributed by atoms with E-state index in [0.717, 1.165) is 12.1 Å². The average molecular weight is 339 g/mol. The number of nitrogens with zero attached hydrogens (tertiary/aromatic N) is 2. The van der Waals surface area contributed by atoms with Gasteiger partial charge in [-0.2, -0.15) is 5.10 Å². The molecule has 0 saturated carbocycles. The van der Waals surface area contributed by atoms with Gasteiger partial charge < -0.3 is 5.32 Å². The van der Waals surface area contributed by atoms with Gasteiger partial charge in [0.15, 0.2) is 9.84 Å². The van der Waals surface area contributed by atoms with Crippen LogP contribution in [0, 0.1) is 5.82 Å². The third-order valence-corrected chi connectivity index (χ3v) is 5.43. The molecule has 1 amide bonds. The zero-order chi connectivity index (χ0) is 17.2. The van der Waals surface area contributed by atoms with Gasteiger partial charge in [0.05, 0.1) is 11.1 Å². The molecule has 0 unspecified atom stereocenters. The molecular formula is C15H18FN3O3S. The SMILES string of the molecule is CC(C)n1nccc1NC(=O)[C@@H](C)S(=O)(=O)c1cccc(F)c1. The van der Waals surface area contributed by atoms with E-state index in [1.165, 1.54) is 25.3 Å². The standard InChI is InChI=1S/C15H18FN3O3S/c1-10(2)19-14(7-8-17-19)18-15(20)11(3)23(21,22)13-6-4-5-12(16)9-13/h4-11H,1-3H3,(H,18,20)/t11-/m1/s1. The molecule has 0 radical (unpaired) electrons. The third-order valence-electron chi connectivity index (χ3n) is 3.37. The lowest BCUT2D eigenvalue weighted by Crippen LogP contribution is -2.33. The molecule has 0 bridgehead atoms. The Balaban J connectivity index is 2.24. The van der Waals surface area contributed by atoms with Crippen molar-refractivity contribution < 1.29 is 17.6 Å². The number of hydrogen-bond donors (Lipinski definition) is 1. The average Bonchev–Trinajstić information content (AvgIpc) is 2.94. The minimum atomic E-state index is -3.98. The second-order valence-corrected chi connectivity index (χ2v) is 7.66. The molecular weight excluding hydrogens is 321 g/mol. The number of sulfone groups is 1. The lowest BCUT2D eigenvalue weighted by atomic mass is 10.3. The third kappa shape index (κ3) is 3.58. The normalized spacial score (nSPS) is 13.1. The van der Waals surface area contributed by atoms with Gasteiger partial charge in [-0.05, 0) is 39.0 Å². The highest BCUT2D eigenvalue weighted by Crippen LogP contribution is 2.19. The van der Waals surface area contributed by atoms with Crippen molar-refractivity contribution in [1.29, 1.82) is 0 Å². The van der Waals surface area contributed by atoms with Gasteiger partial charge in [-0.1, -0.05) is 6.07 Å². The second-order valence-electron chi connectivity index (χ2n) is 5.39. The van der Waals surface area contributed by atoms with Gasteiger partial charge in [0.2, 0.25) is 5.91 Å². The number of benzene rings is 1. The van der Waals surface area contributed by atoms with Gasteiger partial charge in [-0.15, -0.1) is 0 Å². The fourth-order valence-corrected chi connectivity index (χ4v) is 3.34. The van der Waals surface area contributed by atoms with Crippen LogP contribution in [0.15, 0.2) is 41.4 Å². The molecule has 1 atom stereocenters. The van der Waals surface area contributed by atoms with E-state index >= 15 is 0 Å². The van der Waals surface area contributed by atoms with Gasteiger partial charge >= 0.3 is 0 Å². The quantitative estimate of drug-likeness (QED) is 0.907. The van der Waals surface area contributed by atoms with Crippen LogP contribution in [-0.4, -0.2) is 29.4 Å². The van der Waals surface area contributed by atoms with Crippen LogP contribution in [0.5, 0.6) is 0 Å². The summed E-state index contributed by atoms with van der Waals surface area (Å²) in [6.45, 7) is 5.04. The van der Waals surface area contributed by atoms with Crippen molar-refractivity contribution in [2.45, 2.75) is 37.0 Å². The van der Waals surface area contributed by atoms with Crippen LogP contribution in [0.25, 0.3) is 0 Å². The maximum Gasteiger partial charge on any atom is 0.243 e. The van der Waals surface area contributed by atoms with E-state index < -0.39 is 26.8 Å². The molecule has 0 aliphatic rings. The Labute approximate surface area is 134 Å². The first-order valence-corrected chi connectivity index (χ1v) is 8.62. The Hall–Kier alpha value is -2.22. The van der Waals surface area contributed by atoms with Crippen molar-refractivity contribution in [2.75, 3.05) is 5.32 Å². The van der Waals surface area contributed by atoms with E-state index in [4.69, 9.17) is 0 Å². The molecule has 0 aliphatic carbocycles. The summed E-state index contributed by atoms with van der Waals surface area (Å²) < 4.78 is 39.6. The fourth-order valence-electron chi connectivity index (χ4n) is 2.04. The van der Waals surface area contributed by atoms with Crippen molar-refractivity contribution >= 4 is 21.6 Å². The monoisotopic (exact) mass is 339 g/mol. The Bertz CT molecular complexity index is 815. The van der Waals surface area contributed by atoms with Gasteiger partial charge in [0.1, 0.15) is 16.9 Å². The largest absolute Gasteiger partial charge is 0.310 e. The lowest BCUT2D eigenvalue weighted by Gasteiger charge is -2.15. The highest BCUT2D eigenvalue weighted by Gasteiger charge is 2.30. The number of rotatable bonds is 5. The Morgan fingerprint density at radius 2 is 1.96 bits per heavy atom. The predicted molar refractivity (Wildman–Crippen MR) is 84.3 cm³/mol. The minimum absolute atomic E-state index is 0.00966. The first kappa shape index (κ1) is 17.1. The summed E-state index contributed by atoms with van der Waals surface area (Å²) in [5.74, 6) is -0.959. The number of anilines is 1. The van der Waals surface area contributed by atoms with Crippen molar-refractivity contribution in [3.63, 3.8) is 0 Å². The molecule has 23 heavy (non-hydrogen) atoms. The summed E-state index contributed by atoms with van der Waals surface area (Å²) in [5.41, 5.74) is 0. The number of carbonyl (C=O) groups is 1. The molecule has 1 aromatic carbocycles. The number of hydrogen-bond acceptors (Lipinski definition) is 4. The first-order chi connectivity index (χ1) is 10.7. The van der Waals surface area contributed by atoms with Gasteiger partial charge in [0, 0.05) is 12.1 Å². The Morgan fingerprint density at radius 1 is 1.26 bits per heavy atom. The van der Waals surface area contributed by atoms with E-state index in [0.29, 0.717) is 5.82 Å². The summed E-state index contributed by atoms with van der Waals surface area (Å²) in [5, 5.41) is 5.25. The van der Waals surface area contributed by atoms with E-state index in [1.807, 2.05) is 13.8 Å². The lowest BCUT2D eigenvalue weighted by molar-refractivity contribution is -0.115. The van der Waals surface area contributed by atoms with Crippen LogP contribution >= 0.6 is 0 Å². The molecule has 0 spiro atoms. The topological polar surface area (TPSA) is 81.1 Å². The van der Waals surface area contributed by atoms with Crippen molar-refractivity contribution in [2.24, 2.45) is 0 Å². The van der Waals surface area contributed by atoms with Crippen LogP contribution in [0.4, 0.5) is 10.2 Å². The van der Waals surface area contributed by atoms with Crippen molar-refractivity contribution in [3.05, 3.63) is 42.3 Å². The number of amides is 1. The number of halogens is 1. The second kappa shape index (κ2) is 6.49. The van der Waals surface area contributed by atoms with Crippen LogP contribution in [0.3, 0.4) is 0 Å². The molecule has 2 aromatic rings. The Morgan fingerprint density at radius 3 is 2.57 bits per heavy atom. The Kier molecular flexibility index (Phi) is 4.84. The molecule has 0 fully saturated rings. The van der Waals surface area contributed by atoms with E-state index in [9.17, 15) is 17.6 Å². The summed E-state index contributed by atoms with van der Waals surface area (Å²) in [6.07, 6.45) is 1.52. The predicted octanol–water partition coefficient (Wildman–Crippen LogP) is 2.40. The number of aromatic nitrogens is 2. The molecule has 2 rings (SSSR count). The number of carbonyl (C=O) groups excluding carboxylic acids is 1. The number of nitrogens with one attached hydrogen (secondary N) is 1. The van der Waals surface area contributed by atoms with E-state index in [2.05, 4.69) is 10.4 Å². The first-order valence-electron chi connectivity index (χ1n) is 7.07. The van der Waals surface area contributed by atoms with Crippen molar-refractivity contribution in [1.82, 2.24) is 9.78 Å². The molecule has 0 aliphatic heterocycles. The molecule has 1 aromatic heterocycles. The summed E-state index contributed by atoms with van der Waals surface area (Å²) >= 11 is 0. The van der Waals surface area contributed by atoms with Crippen LogP contribution in [0.2, 0.25) is 0 Å². The van der Waals surface area contributed by atoms with Gasteiger partial charge in [0.25, 0.3) is 0 Å². The van der Waals surface area contributed by atoms with E-state index in [1.54, 1.807) is 10.7 Å². The summed E-state index contributed by atoms with van der Waals surface area (Å²) in [7, 11) is -3.98. The summed E-state index contributed by atoms with van der Waals surface area (Å²) in [6, 6.07) is 6.19. The maximum atomic E-state index is 13.2. The maximum absolute atomic E-state index is 13.2. The minimum Gasteiger partial charge on any atom is -0.310 e. The van der Waals surface area contributed by atoms with Gasteiger partial charge in [-0.25, -0.2) is 17.5 Å². The molecule has 124 valence electrons. The van der Waals surface area contributed by atoms with Crippen LogP contribution < -0.4 is 5.32 Å². The highest BCUT2D eigenvalue weighted by molar-refractivity contribution is 7.92. The van der Waals surface area contributed by atoms with Crippen LogP contribution in [-0.2, 0) is 14.6 Å². The zero-order valence-electron chi connectivity index (χ0n) is 13.0. The van der Waals surface area contributed by atoms with E-state index in [-0.39, 0.29) is 10.9 Å². The molecule has 1 heterocycles. The van der Waals surface area contributed by atoms with Crippen LogP contribution in [0.1, 0.15) is 26.8 Å². The molecule has 8 heteroatoms. The summed E-state index contributed by atoms with van der Waals surface area (Å²) in [4.78, 5) is 12.0. The smallest absolute Gasteiger partial charge is 0.243 e. The molecule has 6 nitrogen and oxygen atoms in total. The zero-order valence-corrected chi connectivity index (χ0v) is 13.8. The fraction of sp³-hybridized carbons (Fsp3) is 0.333. The molecule has 0 saturated heterocycles. The van der Waals surface area contributed by atoms with Gasteiger partial charge in [-0.3, -0.25) is 4.79 Å². The highest BCUT2D eigenvalue weighted by atomic mass is 32.2. The molecule has 1 N–H and O–H groups in total.